The Labute approximate surface area is 135 Å². The summed E-state index contributed by atoms with van der Waals surface area (Å²) in [6, 6.07) is 10.6. The predicted molar refractivity (Wildman–Crippen MR) is 92.6 cm³/mol. The van der Waals surface area contributed by atoms with Crippen molar-refractivity contribution in [2.24, 2.45) is 5.73 Å². The Morgan fingerprint density at radius 2 is 2.13 bits per heavy atom. The molecule has 2 aromatic heterocycles. The summed E-state index contributed by atoms with van der Waals surface area (Å²) in [5.41, 5.74) is 10.7. The van der Waals surface area contributed by atoms with E-state index in [-0.39, 0.29) is 0 Å². The monoisotopic (exact) mass is 307 g/mol. The molecule has 0 radical (unpaired) electrons. The minimum absolute atomic E-state index is 0.613. The second-order valence-electron chi connectivity index (χ2n) is 6.10. The topological polar surface area (TPSA) is 70.8 Å². The fraction of sp³-hybridized carbons (Fsp3) is 0.333. The Morgan fingerprint density at radius 3 is 3.00 bits per heavy atom. The number of nitrogens with two attached hydrogens (primary N) is 1. The number of aromatic nitrogens is 3. The number of nitrogens with one attached hydrogen (secondary N) is 1. The lowest BCUT2D eigenvalue weighted by Gasteiger charge is -2.28. The highest BCUT2D eigenvalue weighted by molar-refractivity contribution is 5.85. The van der Waals surface area contributed by atoms with Gasteiger partial charge in [-0.3, -0.25) is 0 Å². The van der Waals surface area contributed by atoms with Crippen molar-refractivity contribution in [1.29, 1.82) is 0 Å². The molecule has 4 rings (SSSR count). The molecule has 0 unspecified atom stereocenters. The lowest BCUT2D eigenvalue weighted by atomic mass is 10.0. The fourth-order valence-corrected chi connectivity index (χ4v) is 3.44. The first-order valence-electron chi connectivity index (χ1n) is 8.12. The Balaban J connectivity index is 1.67. The Kier molecular flexibility index (Phi) is 3.50. The molecule has 3 heterocycles. The first-order valence-corrected chi connectivity index (χ1v) is 8.12. The van der Waals surface area contributed by atoms with Gasteiger partial charge >= 0.3 is 0 Å². The van der Waals surface area contributed by atoms with Crippen LogP contribution in [-0.2, 0) is 19.4 Å². The van der Waals surface area contributed by atoms with E-state index >= 15 is 0 Å². The zero-order chi connectivity index (χ0) is 15.8. The number of fused-ring (bicyclic) bond motifs is 3. The van der Waals surface area contributed by atoms with Crippen LogP contribution in [0.15, 0.2) is 30.3 Å². The van der Waals surface area contributed by atoms with E-state index in [1.54, 1.807) is 0 Å². The van der Waals surface area contributed by atoms with Gasteiger partial charge in [0.15, 0.2) is 0 Å². The number of H-pyrrole nitrogens is 1. The summed E-state index contributed by atoms with van der Waals surface area (Å²) in [7, 11) is 0. The standard InChI is InChI=1S/C18H21N5/c1-12-20-13(6-8-19)10-18(21-12)23-9-7-15-14-4-2-3-5-16(14)22-17(15)11-23/h2-5,10,22H,6-9,11,19H2,1H3. The van der Waals surface area contributed by atoms with Crippen LogP contribution in [0.4, 0.5) is 5.82 Å². The molecule has 0 saturated heterocycles. The molecule has 1 aromatic carbocycles. The molecule has 3 N–H and O–H groups in total. The van der Waals surface area contributed by atoms with Crippen LogP contribution >= 0.6 is 0 Å². The maximum absolute atomic E-state index is 5.67. The third-order valence-electron chi connectivity index (χ3n) is 4.48. The Bertz CT molecular complexity index is 852. The van der Waals surface area contributed by atoms with Gasteiger partial charge in [-0.25, -0.2) is 9.97 Å². The van der Waals surface area contributed by atoms with Crippen LogP contribution in [0, 0.1) is 6.92 Å². The van der Waals surface area contributed by atoms with Crippen LogP contribution in [0.2, 0.25) is 0 Å². The maximum Gasteiger partial charge on any atom is 0.132 e. The van der Waals surface area contributed by atoms with Gasteiger partial charge < -0.3 is 15.6 Å². The van der Waals surface area contributed by atoms with Crippen molar-refractivity contribution in [3.05, 3.63) is 53.1 Å². The quantitative estimate of drug-likeness (QED) is 0.779. The fourth-order valence-electron chi connectivity index (χ4n) is 3.44. The van der Waals surface area contributed by atoms with E-state index in [2.05, 4.69) is 50.2 Å². The van der Waals surface area contributed by atoms with Crippen molar-refractivity contribution < 1.29 is 0 Å². The summed E-state index contributed by atoms with van der Waals surface area (Å²) in [6.45, 7) is 4.40. The summed E-state index contributed by atoms with van der Waals surface area (Å²) in [5.74, 6) is 1.82. The molecule has 3 aromatic rings. The van der Waals surface area contributed by atoms with Crippen LogP contribution in [0.5, 0.6) is 0 Å². The molecule has 0 aliphatic carbocycles. The maximum atomic E-state index is 5.67. The van der Waals surface area contributed by atoms with Gasteiger partial charge in [-0.05, 0) is 31.5 Å². The number of benzene rings is 1. The van der Waals surface area contributed by atoms with Crippen molar-refractivity contribution in [2.45, 2.75) is 26.3 Å². The number of hydrogen-bond acceptors (Lipinski definition) is 4. The van der Waals surface area contributed by atoms with Crippen molar-refractivity contribution in [3.8, 4) is 0 Å². The van der Waals surface area contributed by atoms with Gasteiger partial charge in [0.05, 0.1) is 6.54 Å². The second-order valence-corrected chi connectivity index (χ2v) is 6.10. The number of nitrogens with zero attached hydrogens (tertiary/aromatic N) is 3. The van der Waals surface area contributed by atoms with E-state index < -0.39 is 0 Å². The summed E-state index contributed by atoms with van der Waals surface area (Å²) < 4.78 is 0. The smallest absolute Gasteiger partial charge is 0.132 e. The van der Waals surface area contributed by atoms with Crippen LogP contribution in [0.25, 0.3) is 10.9 Å². The molecule has 5 heteroatoms. The number of anilines is 1. The molecule has 0 amide bonds. The van der Waals surface area contributed by atoms with Crippen LogP contribution in [0.3, 0.4) is 0 Å². The molecule has 0 spiro atoms. The zero-order valence-electron chi connectivity index (χ0n) is 13.3. The van der Waals surface area contributed by atoms with Crippen LogP contribution in [0.1, 0.15) is 22.8 Å². The van der Waals surface area contributed by atoms with E-state index in [4.69, 9.17) is 5.73 Å². The highest BCUT2D eigenvalue weighted by Crippen LogP contribution is 2.29. The summed E-state index contributed by atoms with van der Waals surface area (Å²) in [6.07, 6.45) is 1.83. The van der Waals surface area contributed by atoms with Gasteiger partial charge in [-0.1, -0.05) is 18.2 Å². The molecular weight excluding hydrogens is 286 g/mol. The minimum Gasteiger partial charge on any atom is -0.357 e. The molecule has 23 heavy (non-hydrogen) atoms. The van der Waals surface area contributed by atoms with Crippen molar-refractivity contribution in [2.75, 3.05) is 18.0 Å². The molecule has 5 nitrogen and oxygen atoms in total. The first-order chi connectivity index (χ1) is 11.2. The molecule has 1 aliphatic rings. The first kappa shape index (κ1) is 14.2. The van der Waals surface area contributed by atoms with Crippen LogP contribution in [-0.4, -0.2) is 28.0 Å². The summed E-state index contributed by atoms with van der Waals surface area (Å²) >= 11 is 0. The third kappa shape index (κ3) is 2.57. The summed E-state index contributed by atoms with van der Waals surface area (Å²) in [4.78, 5) is 15.0. The number of rotatable bonds is 3. The van der Waals surface area contributed by atoms with Gasteiger partial charge in [0.2, 0.25) is 0 Å². The second kappa shape index (κ2) is 5.66. The predicted octanol–water partition coefficient (Wildman–Crippen LogP) is 2.33. The van der Waals surface area contributed by atoms with E-state index in [1.807, 2.05) is 6.92 Å². The number of aromatic amines is 1. The Hall–Kier alpha value is -2.40. The molecule has 0 saturated carbocycles. The molecule has 0 atom stereocenters. The van der Waals surface area contributed by atoms with E-state index in [0.717, 1.165) is 43.3 Å². The Morgan fingerprint density at radius 1 is 1.26 bits per heavy atom. The van der Waals surface area contributed by atoms with E-state index in [0.29, 0.717) is 6.54 Å². The number of para-hydroxylation sites is 1. The van der Waals surface area contributed by atoms with Gasteiger partial charge in [0.25, 0.3) is 0 Å². The van der Waals surface area contributed by atoms with Crippen molar-refractivity contribution in [1.82, 2.24) is 15.0 Å². The van der Waals surface area contributed by atoms with E-state index in [1.165, 1.54) is 22.2 Å². The number of aryl methyl sites for hydroxylation is 1. The van der Waals surface area contributed by atoms with Gasteiger partial charge in [0.1, 0.15) is 11.6 Å². The largest absolute Gasteiger partial charge is 0.357 e. The van der Waals surface area contributed by atoms with Crippen molar-refractivity contribution >= 4 is 16.7 Å². The highest BCUT2D eigenvalue weighted by Gasteiger charge is 2.21. The van der Waals surface area contributed by atoms with Crippen LogP contribution < -0.4 is 10.6 Å². The van der Waals surface area contributed by atoms with E-state index in [9.17, 15) is 0 Å². The minimum atomic E-state index is 0.613. The van der Waals surface area contributed by atoms with Gasteiger partial charge in [-0.2, -0.15) is 0 Å². The van der Waals surface area contributed by atoms with Crippen molar-refractivity contribution in [3.63, 3.8) is 0 Å². The molecule has 0 fully saturated rings. The number of hydrogen-bond donors (Lipinski definition) is 2. The third-order valence-corrected chi connectivity index (χ3v) is 4.48. The summed E-state index contributed by atoms with van der Waals surface area (Å²) in [5, 5.41) is 1.35. The van der Waals surface area contributed by atoms with Gasteiger partial charge in [0, 0.05) is 41.3 Å². The van der Waals surface area contributed by atoms with Gasteiger partial charge in [-0.15, -0.1) is 0 Å². The average Bonchev–Trinajstić information content (AvgIpc) is 2.92. The zero-order valence-corrected chi connectivity index (χ0v) is 13.3. The molecule has 0 bridgehead atoms. The lowest BCUT2D eigenvalue weighted by Crippen LogP contribution is -2.31. The average molecular weight is 307 g/mol. The normalized spacial score (nSPS) is 14.3. The highest BCUT2D eigenvalue weighted by atomic mass is 15.2. The molecule has 118 valence electrons. The molecule has 1 aliphatic heterocycles. The SMILES string of the molecule is Cc1nc(CCN)cc(N2CCc3c([nH]c4ccccc34)C2)n1. The molecular formula is C18H21N5. The lowest BCUT2D eigenvalue weighted by molar-refractivity contribution is 0.707.